The molecule has 1 aliphatic heterocycles. The first-order chi connectivity index (χ1) is 11.6. The van der Waals surface area contributed by atoms with Crippen LogP contribution in [-0.4, -0.2) is 21.4 Å². The number of nitrogens with zero attached hydrogens (tertiary/aromatic N) is 1. The summed E-state index contributed by atoms with van der Waals surface area (Å²) in [5.74, 6) is 1.46. The van der Waals surface area contributed by atoms with Gasteiger partial charge in [-0.15, -0.1) is 6.42 Å². The average molecular weight is 319 g/mol. The van der Waals surface area contributed by atoms with Crippen LogP contribution >= 0.6 is 0 Å². The van der Waals surface area contributed by atoms with E-state index in [1.54, 1.807) is 34.9 Å². The van der Waals surface area contributed by atoms with Crippen LogP contribution in [0.1, 0.15) is 46.2 Å². The van der Waals surface area contributed by atoms with Crippen molar-refractivity contribution in [3.05, 3.63) is 64.5 Å². The summed E-state index contributed by atoms with van der Waals surface area (Å²) in [4.78, 5) is 24.4. The molecule has 2 heterocycles. The van der Waals surface area contributed by atoms with E-state index in [4.69, 9.17) is 6.42 Å². The van der Waals surface area contributed by atoms with Crippen LogP contribution in [0, 0.1) is 12.3 Å². The van der Waals surface area contributed by atoms with E-state index in [2.05, 4.69) is 5.92 Å². The molecule has 0 amide bonds. The zero-order valence-corrected chi connectivity index (χ0v) is 13.4. The number of carbonyl (C=O) groups excluding carboxylic acids is 1. The Kier molecular flexibility index (Phi) is 4.09. The van der Waals surface area contributed by atoms with Gasteiger partial charge in [0.1, 0.15) is 0 Å². The van der Waals surface area contributed by atoms with Gasteiger partial charge in [-0.3, -0.25) is 4.79 Å². The van der Waals surface area contributed by atoms with Crippen LogP contribution < -0.4 is 0 Å². The molecule has 0 aliphatic carbocycles. The summed E-state index contributed by atoms with van der Waals surface area (Å²) in [6.45, 7) is 2.44. The molecule has 4 nitrogen and oxygen atoms in total. The summed E-state index contributed by atoms with van der Waals surface area (Å²) in [6, 6.07) is 8.74. The summed E-state index contributed by atoms with van der Waals surface area (Å²) in [5, 5.41) is 9.32. The third kappa shape index (κ3) is 2.55. The first-order valence-electron chi connectivity index (χ1n) is 7.84. The molecular weight excluding hydrogens is 302 g/mol. The van der Waals surface area contributed by atoms with E-state index in [0.29, 0.717) is 23.5 Å². The van der Waals surface area contributed by atoms with E-state index in [-0.39, 0.29) is 11.4 Å². The van der Waals surface area contributed by atoms with Gasteiger partial charge in [0.05, 0.1) is 17.0 Å². The maximum absolute atomic E-state index is 13.0. The molecule has 24 heavy (non-hydrogen) atoms. The fourth-order valence-corrected chi connectivity index (χ4v) is 3.08. The number of carboxylic acids is 1. The highest BCUT2D eigenvalue weighted by Crippen LogP contribution is 2.30. The quantitative estimate of drug-likeness (QED) is 0.680. The molecule has 1 aliphatic rings. The number of hydrogen-bond acceptors (Lipinski definition) is 2. The minimum atomic E-state index is -0.966. The van der Waals surface area contributed by atoms with Crippen molar-refractivity contribution in [1.29, 1.82) is 0 Å². The third-order valence-corrected chi connectivity index (χ3v) is 4.21. The van der Waals surface area contributed by atoms with Crippen LogP contribution in [0.3, 0.4) is 0 Å². The van der Waals surface area contributed by atoms with E-state index in [9.17, 15) is 14.7 Å². The van der Waals surface area contributed by atoms with Gasteiger partial charge in [-0.2, -0.15) is 0 Å². The summed E-state index contributed by atoms with van der Waals surface area (Å²) in [6.07, 6.45) is 8.61. The van der Waals surface area contributed by atoms with Gasteiger partial charge in [-0.1, -0.05) is 19.3 Å². The molecule has 0 saturated heterocycles. The lowest BCUT2D eigenvalue weighted by molar-refractivity contribution is -0.130. The van der Waals surface area contributed by atoms with Crippen molar-refractivity contribution >= 4 is 17.3 Å². The van der Waals surface area contributed by atoms with E-state index < -0.39 is 5.97 Å². The number of allylic oxidation sites excluding steroid dienone is 1. The van der Waals surface area contributed by atoms with Crippen LogP contribution in [0.25, 0.3) is 5.57 Å². The van der Waals surface area contributed by atoms with Crippen LogP contribution in [0.4, 0.5) is 0 Å². The van der Waals surface area contributed by atoms with Gasteiger partial charge >= 0.3 is 5.97 Å². The highest BCUT2D eigenvalue weighted by Gasteiger charge is 2.28. The number of aromatic nitrogens is 1. The molecule has 0 spiro atoms. The Morgan fingerprint density at radius 1 is 1.29 bits per heavy atom. The number of aryl methyl sites for hydroxylation is 1. The summed E-state index contributed by atoms with van der Waals surface area (Å²) in [7, 11) is 0. The Morgan fingerprint density at radius 2 is 2.00 bits per heavy atom. The Balaban J connectivity index is 2.07. The zero-order valence-electron chi connectivity index (χ0n) is 13.4. The summed E-state index contributed by atoms with van der Waals surface area (Å²) < 4.78 is 1.80. The minimum Gasteiger partial charge on any atom is -0.478 e. The first kappa shape index (κ1) is 15.8. The van der Waals surface area contributed by atoms with Gasteiger partial charge < -0.3 is 9.67 Å². The number of rotatable bonds is 5. The summed E-state index contributed by atoms with van der Waals surface area (Å²) >= 11 is 0. The number of carboxylic acid groups (broad SMARTS) is 1. The zero-order chi connectivity index (χ0) is 17.3. The Morgan fingerprint density at radius 3 is 2.58 bits per heavy atom. The molecule has 0 radical (unpaired) electrons. The number of terminal acetylenes is 1. The van der Waals surface area contributed by atoms with Crippen LogP contribution in [-0.2, 0) is 17.8 Å². The van der Waals surface area contributed by atoms with Gasteiger partial charge in [0.2, 0.25) is 5.78 Å². The number of ketones is 1. The van der Waals surface area contributed by atoms with Gasteiger partial charge in [-0.25, -0.2) is 4.79 Å². The molecule has 0 atom stereocenters. The number of aliphatic carboxylic acids is 1. The minimum absolute atomic E-state index is 0.103. The third-order valence-electron chi connectivity index (χ3n) is 4.21. The number of carbonyl (C=O) groups is 2. The van der Waals surface area contributed by atoms with Gasteiger partial charge in [0.15, 0.2) is 0 Å². The highest BCUT2D eigenvalue weighted by molar-refractivity contribution is 6.17. The molecule has 0 bridgehead atoms. The molecule has 1 N–H and O–H groups in total. The van der Waals surface area contributed by atoms with Gasteiger partial charge in [0.25, 0.3) is 0 Å². The van der Waals surface area contributed by atoms with E-state index in [0.717, 1.165) is 24.0 Å². The molecule has 1 aromatic heterocycles. The molecule has 1 aromatic carbocycles. The second kappa shape index (κ2) is 6.21. The molecule has 0 unspecified atom stereocenters. The molecule has 3 rings (SSSR count). The lowest BCUT2D eigenvalue weighted by Gasteiger charge is -2.09. The Labute approximate surface area is 140 Å². The second-order valence-electron chi connectivity index (χ2n) is 5.74. The van der Waals surface area contributed by atoms with Crippen molar-refractivity contribution in [2.45, 2.75) is 26.3 Å². The van der Waals surface area contributed by atoms with Crippen molar-refractivity contribution in [3.63, 3.8) is 0 Å². The fraction of sp³-hybridized carbons (Fsp3) is 0.200. The molecule has 0 fully saturated rings. The van der Waals surface area contributed by atoms with Crippen molar-refractivity contribution in [2.24, 2.45) is 0 Å². The van der Waals surface area contributed by atoms with Crippen molar-refractivity contribution in [2.75, 3.05) is 0 Å². The smallest absolute Gasteiger partial charge is 0.337 e. The fourth-order valence-electron chi connectivity index (χ4n) is 3.08. The predicted octanol–water partition coefficient (Wildman–Crippen LogP) is 3.13. The number of benzene rings is 1. The predicted molar refractivity (Wildman–Crippen MR) is 91.8 cm³/mol. The monoisotopic (exact) mass is 319 g/mol. The molecule has 2 aromatic rings. The van der Waals surface area contributed by atoms with E-state index in [1.807, 2.05) is 13.0 Å². The highest BCUT2D eigenvalue weighted by atomic mass is 16.4. The van der Waals surface area contributed by atoms with Gasteiger partial charge in [-0.05, 0) is 48.4 Å². The molecular formula is C20H17NO3. The summed E-state index contributed by atoms with van der Waals surface area (Å²) in [5.41, 5.74) is 3.60. The largest absolute Gasteiger partial charge is 0.478 e. The molecule has 120 valence electrons. The van der Waals surface area contributed by atoms with Gasteiger partial charge in [0, 0.05) is 17.7 Å². The Hall–Kier alpha value is -3.06. The standard InChI is InChI=1S/C20H17NO3/c1-3-5-15-12-17-16(20(23)24)10-11-21(17)18(15)19(22)14-8-6-13(4-2)7-9-14/h2,6-10,12H,3,5,11H2,1H3,(H,23,24). The SMILES string of the molecule is C#Cc1ccc(C(=O)c2c(CCC)cc3n2CC=C3C(=O)O)cc1. The first-order valence-corrected chi connectivity index (χ1v) is 7.84. The lowest BCUT2D eigenvalue weighted by atomic mass is 10.0. The maximum atomic E-state index is 13.0. The van der Waals surface area contributed by atoms with Crippen molar-refractivity contribution < 1.29 is 14.7 Å². The molecule has 0 saturated carbocycles. The van der Waals surface area contributed by atoms with E-state index >= 15 is 0 Å². The van der Waals surface area contributed by atoms with Crippen LogP contribution in [0.2, 0.25) is 0 Å². The lowest BCUT2D eigenvalue weighted by Crippen LogP contribution is -2.12. The van der Waals surface area contributed by atoms with Crippen molar-refractivity contribution in [1.82, 2.24) is 4.57 Å². The second-order valence-corrected chi connectivity index (χ2v) is 5.74. The van der Waals surface area contributed by atoms with E-state index in [1.165, 1.54) is 0 Å². The number of hydrogen-bond donors (Lipinski definition) is 1. The van der Waals surface area contributed by atoms with Crippen molar-refractivity contribution in [3.8, 4) is 12.3 Å². The molecule has 4 heteroatoms. The normalized spacial score (nSPS) is 12.4. The average Bonchev–Trinajstić information content (AvgIpc) is 3.13. The number of fused-ring (bicyclic) bond motifs is 1. The van der Waals surface area contributed by atoms with Crippen LogP contribution in [0.5, 0.6) is 0 Å². The maximum Gasteiger partial charge on any atom is 0.337 e. The topological polar surface area (TPSA) is 59.3 Å². The Bertz CT molecular complexity index is 892. The van der Waals surface area contributed by atoms with Crippen LogP contribution in [0.15, 0.2) is 36.4 Å².